The Bertz CT molecular complexity index is 315. The highest BCUT2D eigenvalue weighted by Crippen LogP contribution is 2.29. The maximum absolute atomic E-state index is 12.2. The summed E-state index contributed by atoms with van der Waals surface area (Å²) in [7, 11) is 0. The first-order valence-electron chi connectivity index (χ1n) is 6.39. The molecule has 2 amide bonds. The van der Waals surface area contributed by atoms with Crippen LogP contribution in [-0.2, 0) is 4.79 Å². The smallest absolute Gasteiger partial charge is 0.323 e. The van der Waals surface area contributed by atoms with E-state index in [9.17, 15) is 9.59 Å². The van der Waals surface area contributed by atoms with Crippen LogP contribution in [0.2, 0.25) is 0 Å². The van der Waals surface area contributed by atoms with Gasteiger partial charge in [-0.05, 0) is 25.2 Å². The first-order chi connectivity index (χ1) is 8.11. The van der Waals surface area contributed by atoms with Crippen LogP contribution in [0.4, 0.5) is 4.79 Å². The maximum atomic E-state index is 12.2. The number of likely N-dealkylation sites (tertiary alicyclic amines) is 1. The van der Waals surface area contributed by atoms with Crippen molar-refractivity contribution in [1.29, 1.82) is 0 Å². The quantitative estimate of drug-likeness (QED) is 0.807. The van der Waals surface area contributed by atoms with E-state index in [-0.39, 0.29) is 18.6 Å². The SMILES string of the molecule is CCC1CCN(C(=O)N(CC(=O)O)C2CC2)C1. The molecule has 1 heterocycles. The fourth-order valence-electron chi connectivity index (χ4n) is 2.41. The molecule has 0 bridgehead atoms. The third kappa shape index (κ3) is 2.90. The monoisotopic (exact) mass is 240 g/mol. The van der Waals surface area contributed by atoms with Crippen LogP contribution in [0, 0.1) is 5.92 Å². The van der Waals surface area contributed by atoms with Gasteiger partial charge in [0, 0.05) is 19.1 Å². The lowest BCUT2D eigenvalue weighted by Gasteiger charge is -2.26. The van der Waals surface area contributed by atoms with Crippen LogP contribution in [0.5, 0.6) is 0 Å². The Hall–Kier alpha value is -1.26. The van der Waals surface area contributed by atoms with E-state index in [0.717, 1.165) is 38.8 Å². The zero-order valence-electron chi connectivity index (χ0n) is 10.3. The Morgan fingerprint density at radius 3 is 2.53 bits per heavy atom. The number of rotatable bonds is 4. The Morgan fingerprint density at radius 2 is 2.06 bits per heavy atom. The second-order valence-corrected chi connectivity index (χ2v) is 5.04. The number of carbonyl (C=O) groups excluding carboxylic acids is 1. The van der Waals surface area contributed by atoms with Crippen LogP contribution in [0.1, 0.15) is 32.6 Å². The molecular weight excluding hydrogens is 220 g/mol. The van der Waals surface area contributed by atoms with E-state index in [1.807, 2.05) is 4.90 Å². The summed E-state index contributed by atoms with van der Waals surface area (Å²) in [5.41, 5.74) is 0. The molecule has 1 saturated carbocycles. The van der Waals surface area contributed by atoms with Crippen LogP contribution in [0.3, 0.4) is 0 Å². The Morgan fingerprint density at radius 1 is 1.35 bits per heavy atom. The zero-order chi connectivity index (χ0) is 12.4. The molecule has 5 nitrogen and oxygen atoms in total. The van der Waals surface area contributed by atoms with E-state index in [4.69, 9.17) is 5.11 Å². The summed E-state index contributed by atoms with van der Waals surface area (Å²) in [6, 6.07) is 0.0881. The number of hydrogen-bond donors (Lipinski definition) is 1. The Labute approximate surface area is 101 Å². The molecule has 5 heteroatoms. The summed E-state index contributed by atoms with van der Waals surface area (Å²) >= 11 is 0. The van der Waals surface area contributed by atoms with E-state index >= 15 is 0 Å². The summed E-state index contributed by atoms with van der Waals surface area (Å²) in [5.74, 6) is -0.332. The van der Waals surface area contributed by atoms with Crippen molar-refractivity contribution in [2.75, 3.05) is 19.6 Å². The van der Waals surface area contributed by atoms with Crippen molar-refractivity contribution in [2.45, 2.75) is 38.6 Å². The molecule has 1 atom stereocenters. The average molecular weight is 240 g/mol. The van der Waals surface area contributed by atoms with E-state index in [2.05, 4.69) is 6.92 Å². The number of hydrogen-bond acceptors (Lipinski definition) is 2. The third-order valence-electron chi connectivity index (χ3n) is 3.67. The minimum absolute atomic E-state index is 0.0779. The predicted molar refractivity (Wildman–Crippen MR) is 62.7 cm³/mol. The fourth-order valence-corrected chi connectivity index (χ4v) is 2.41. The number of amides is 2. The maximum Gasteiger partial charge on any atom is 0.323 e. The van der Waals surface area contributed by atoms with Crippen LogP contribution in [0.25, 0.3) is 0 Å². The van der Waals surface area contributed by atoms with Gasteiger partial charge in [-0.2, -0.15) is 0 Å². The lowest BCUT2D eigenvalue weighted by Crippen LogP contribution is -2.45. The second-order valence-electron chi connectivity index (χ2n) is 5.04. The highest BCUT2D eigenvalue weighted by molar-refractivity contribution is 5.81. The number of nitrogens with zero attached hydrogens (tertiary/aromatic N) is 2. The zero-order valence-corrected chi connectivity index (χ0v) is 10.3. The Balaban J connectivity index is 1.94. The van der Waals surface area contributed by atoms with Crippen LogP contribution in [0.15, 0.2) is 0 Å². The van der Waals surface area contributed by atoms with Crippen molar-refractivity contribution in [3.05, 3.63) is 0 Å². The van der Waals surface area contributed by atoms with Gasteiger partial charge in [-0.1, -0.05) is 13.3 Å². The number of aliphatic carboxylic acids is 1. The van der Waals surface area contributed by atoms with Crippen molar-refractivity contribution in [3.63, 3.8) is 0 Å². The number of carboxylic acids is 1. The van der Waals surface area contributed by atoms with E-state index in [1.54, 1.807) is 0 Å². The van der Waals surface area contributed by atoms with Gasteiger partial charge in [0.2, 0.25) is 0 Å². The minimum atomic E-state index is -0.920. The molecular formula is C12H20N2O3. The average Bonchev–Trinajstić information content (AvgIpc) is 3.02. The molecule has 0 aromatic heterocycles. The van der Waals surface area contributed by atoms with Crippen LogP contribution < -0.4 is 0 Å². The number of carboxylic acid groups (broad SMARTS) is 1. The first-order valence-corrected chi connectivity index (χ1v) is 6.39. The molecule has 2 aliphatic rings. The van der Waals surface area contributed by atoms with Gasteiger partial charge >= 0.3 is 12.0 Å². The van der Waals surface area contributed by atoms with Gasteiger partial charge in [0.25, 0.3) is 0 Å². The molecule has 0 radical (unpaired) electrons. The predicted octanol–water partition coefficient (Wildman–Crippen LogP) is 1.39. The van der Waals surface area contributed by atoms with Crippen molar-refractivity contribution < 1.29 is 14.7 Å². The lowest BCUT2D eigenvalue weighted by atomic mass is 10.1. The van der Waals surface area contributed by atoms with Crippen molar-refractivity contribution >= 4 is 12.0 Å². The van der Waals surface area contributed by atoms with Crippen LogP contribution in [-0.4, -0.2) is 52.6 Å². The lowest BCUT2D eigenvalue weighted by molar-refractivity contribution is -0.137. The topological polar surface area (TPSA) is 60.9 Å². The van der Waals surface area contributed by atoms with E-state index in [1.165, 1.54) is 4.90 Å². The molecule has 1 unspecified atom stereocenters. The fraction of sp³-hybridized carbons (Fsp3) is 0.833. The van der Waals surface area contributed by atoms with Crippen molar-refractivity contribution in [2.24, 2.45) is 5.92 Å². The van der Waals surface area contributed by atoms with Gasteiger partial charge in [0.1, 0.15) is 6.54 Å². The van der Waals surface area contributed by atoms with Crippen molar-refractivity contribution in [3.8, 4) is 0 Å². The summed E-state index contributed by atoms with van der Waals surface area (Å²) in [6.45, 7) is 3.55. The molecule has 0 spiro atoms. The Kier molecular flexibility index (Phi) is 3.54. The molecule has 1 aliphatic carbocycles. The summed E-state index contributed by atoms with van der Waals surface area (Å²) in [4.78, 5) is 26.3. The minimum Gasteiger partial charge on any atom is -0.480 e. The summed E-state index contributed by atoms with van der Waals surface area (Å²) < 4.78 is 0. The molecule has 17 heavy (non-hydrogen) atoms. The van der Waals surface area contributed by atoms with Crippen molar-refractivity contribution in [1.82, 2.24) is 9.80 Å². The summed E-state index contributed by atoms with van der Waals surface area (Å²) in [6.07, 6.45) is 4.04. The molecule has 96 valence electrons. The molecule has 0 aromatic carbocycles. The van der Waals surface area contributed by atoms with E-state index in [0.29, 0.717) is 5.92 Å². The molecule has 2 fully saturated rings. The molecule has 1 saturated heterocycles. The first kappa shape index (κ1) is 12.2. The van der Waals surface area contributed by atoms with Gasteiger partial charge in [-0.3, -0.25) is 4.79 Å². The number of carbonyl (C=O) groups is 2. The highest BCUT2D eigenvalue weighted by Gasteiger charge is 2.37. The normalized spacial score (nSPS) is 23.8. The second kappa shape index (κ2) is 4.94. The number of urea groups is 1. The largest absolute Gasteiger partial charge is 0.480 e. The van der Waals surface area contributed by atoms with Crippen LogP contribution >= 0.6 is 0 Å². The van der Waals surface area contributed by atoms with Gasteiger partial charge < -0.3 is 14.9 Å². The van der Waals surface area contributed by atoms with Gasteiger partial charge in [0.05, 0.1) is 0 Å². The molecule has 0 aromatic rings. The molecule has 1 aliphatic heterocycles. The standard InChI is InChI=1S/C12H20N2O3/c1-2-9-5-6-13(7-9)12(17)14(8-11(15)16)10-3-4-10/h9-10H,2-8H2,1H3,(H,15,16). The third-order valence-corrected chi connectivity index (χ3v) is 3.67. The van der Waals surface area contributed by atoms with Gasteiger partial charge in [0.15, 0.2) is 0 Å². The molecule has 1 N–H and O–H groups in total. The summed E-state index contributed by atoms with van der Waals surface area (Å²) in [5, 5.41) is 8.84. The van der Waals surface area contributed by atoms with E-state index < -0.39 is 5.97 Å². The van der Waals surface area contributed by atoms with Gasteiger partial charge in [-0.15, -0.1) is 0 Å². The van der Waals surface area contributed by atoms with Gasteiger partial charge in [-0.25, -0.2) is 4.79 Å². The highest BCUT2D eigenvalue weighted by atomic mass is 16.4. The molecule has 2 rings (SSSR count).